The zero-order valence-electron chi connectivity index (χ0n) is 14.1. The highest BCUT2D eigenvalue weighted by Crippen LogP contribution is 2.26. The smallest absolute Gasteiger partial charge is 0.272 e. The van der Waals surface area contributed by atoms with E-state index in [1.165, 1.54) is 0 Å². The number of aromatic amines is 1. The fraction of sp³-hybridized carbons (Fsp3) is 0.588. The van der Waals surface area contributed by atoms with Crippen molar-refractivity contribution in [3.8, 4) is 0 Å². The molecule has 1 N–H and O–H groups in total. The number of hydrogen-bond acceptors (Lipinski definition) is 3. The monoisotopic (exact) mass is 315 g/mol. The van der Waals surface area contributed by atoms with Crippen LogP contribution in [0.5, 0.6) is 0 Å². The Morgan fingerprint density at radius 3 is 3.00 bits per heavy atom. The van der Waals surface area contributed by atoms with Gasteiger partial charge < -0.3 is 4.90 Å². The van der Waals surface area contributed by atoms with Gasteiger partial charge in [-0.3, -0.25) is 14.6 Å². The molecule has 0 aliphatic carbocycles. The number of nitrogens with zero attached hydrogens (tertiary/aromatic N) is 4. The van der Waals surface area contributed by atoms with Gasteiger partial charge in [-0.1, -0.05) is 13.8 Å². The van der Waals surface area contributed by atoms with Gasteiger partial charge >= 0.3 is 0 Å². The van der Waals surface area contributed by atoms with E-state index in [-0.39, 0.29) is 5.91 Å². The molecule has 6 heteroatoms. The zero-order chi connectivity index (χ0) is 16.4. The molecule has 0 aromatic carbocycles. The van der Waals surface area contributed by atoms with Crippen LogP contribution >= 0.6 is 0 Å². The molecule has 1 aliphatic heterocycles. The number of hydrogen-bond donors (Lipinski definition) is 1. The van der Waals surface area contributed by atoms with E-state index < -0.39 is 0 Å². The van der Waals surface area contributed by atoms with E-state index in [2.05, 4.69) is 29.1 Å². The molecule has 1 unspecified atom stereocenters. The standard InChI is InChI=1S/C17H25N5O/c1-12(2)9-14-10-16(21(3)20-14)17(23)22-8-4-5-13(11-22)15-6-7-18-19-15/h6-7,10,12-13H,4-5,8-9,11H2,1-3H3,(H,18,19). The van der Waals surface area contributed by atoms with Crippen molar-refractivity contribution in [2.24, 2.45) is 13.0 Å². The van der Waals surface area contributed by atoms with Gasteiger partial charge in [-0.25, -0.2) is 0 Å². The van der Waals surface area contributed by atoms with Crippen LogP contribution in [0.15, 0.2) is 18.3 Å². The average Bonchev–Trinajstić information content (AvgIpc) is 3.16. The molecule has 0 bridgehead atoms. The van der Waals surface area contributed by atoms with Crippen molar-refractivity contribution in [3.63, 3.8) is 0 Å². The predicted molar refractivity (Wildman–Crippen MR) is 88.2 cm³/mol. The number of aromatic nitrogens is 4. The van der Waals surface area contributed by atoms with Crippen LogP contribution in [0.1, 0.15) is 54.5 Å². The summed E-state index contributed by atoms with van der Waals surface area (Å²) in [5.41, 5.74) is 2.80. The van der Waals surface area contributed by atoms with E-state index in [9.17, 15) is 4.79 Å². The largest absolute Gasteiger partial charge is 0.337 e. The second-order valence-corrected chi connectivity index (χ2v) is 6.84. The van der Waals surface area contributed by atoms with Crippen molar-refractivity contribution in [2.75, 3.05) is 13.1 Å². The molecule has 2 aromatic rings. The molecule has 0 saturated carbocycles. The van der Waals surface area contributed by atoms with E-state index in [1.54, 1.807) is 10.9 Å². The lowest BCUT2D eigenvalue weighted by Crippen LogP contribution is -2.40. The van der Waals surface area contributed by atoms with Gasteiger partial charge in [0.05, 0.1) is 5.69 Å². The highest BCUT2D eigenvalue weighted by Gasteiger charge is 2.28. The van der Waals surface area contributed by atoms with E-state index in [1.807, 2.05) is 24.1 Å². The zero-order valence-corrected chi connectivity index (χ0v) is 14.1. The number of aryl methyl sites for hydroxylation is 1. The molecule has 1 aliphatic rings. The Balaban J connectivity index is 1.73. The number of carbonyl (C=O) groups excluding carboxylic acids is 1. The third-order valence-corrected chi connectivity index (χ3v) is 4.44. The minimum atomic E-state index is 0.0826. The van der Waals surface area contributed by atoms with Crippen LogP contribution < -0.4 is 0 Å². The van der Waals surface area contributed by atoms with Crippen LogP contribution in [0.25, 0.3) is 0 Å². The van der Waals surface area contributed by atoms with Crippen LogP contribution in [0, 0.1) is 5.92 Å². The maximum atomic E-state index is 12.9. The molecular weight excluding hydrogens is 290 g/mol. The molecule has 124 valence electrons. The number of H-pyrrole nitrogens is 1. The normalized spacial score (nSPS) is 18.6. The van der Waals surface area contributed by atoms with Crippen LogP contribution in [-0.2, 0) is 13.5 Å². The molecule has 2 aromatic heterocycles. The first-order valence-corrected chi connectivity index (χ1v) is 8.36. The van der Waals surface area contributed by atoms with Crippen LogP contribution in [0.3, 0.4) is 0 Å². The molecule has 23 heavy (non-hydrogen) atoms. The molecule has 3 rings (SSSR count). The van der Waals surface area contributed by atoms with Crippen LogP contribution in [0.4, 0.5) is 0 Å². The topological polar surface area (TPSA) is 66.8 Å². The maximum Gasteiger partial charge on any atom is 0.272 e. The third kappa shape index (κ3) is 3.46. The second kappa shape index (κ2) is 6.56. The number of rotatable bonds is 4. The minimum absolute atomic E-state index is 0.0826. The lowest BCUT2D eigenvalue weighted by molar-refractivity contribution is 0.0694. The number of piperidine rings is 1. The molecular formula is C17H25N5O. The molecule has 1 amide bonds. The van der Waals surface area contributed by atoms with Gasteiger partial charge in [0.25, 0.3) is 5.91 Å². The third-order valence-electron chi connectivity index (χ3n) is 4.44. The average molecular weight is 315 g/mol. The molecule has 1 fully saturated rings. The quantitative estimate of drug-likeness (QED) is 0.942. The Morgan fingerprint density at radius 2 is 2.30 bits per heavy atom. The van der Waals surface area contributed by atoms with Gasteiger partial charge in [0.1, 0.15) is 5.69 Å². The van der Waals surface area contributed by atoms with Gasteiger partial charge in [-0.2, -0.15) is 10.2 Å². The number of nitrogens with one attached hydrogen (secondary N) is 1. The second-order valence-electron chi connectivity index (χ2n) is 6.84. The van der Waals surface area contributed by atoms with Gasteiger partial charge in [0, 0.05) is 37.9 Å². The SMILES string of the molecule is CC(C)Cc1cc(C(=O)N2CCCC(c3ccn[nH]3)C2)n(C)n1. The Morgan fingerprint density at radius 1 is 1.48 bits per heavy atom. The molecule has 1 atom stereocenters. The van der Waals surface area contributed by atoms with Crippen molar-refractivity contribution in [1.29, 1.82) is 0 Å². The van der Waals surface area contributed by atoms with Gasteiger partial charge in [-0.05, 0) is 37.3 Å². The fourth-order valence-corrected chi connectivity index (χ4v) is 3.32. The Labute approximate surface area is 136 Å². The van der Waals surface area contributed by atoms with Crippen molar-refractivity contribution in [3.05, 3.63) is 35.4 Å². The summed E-state index contributed by atoms with van der Waals surface area (Å²) in [6, 6.07) is 3.95. The number of amides is 1. The molecule has 1 saturated heterocycles. The summed E-state index contributed by atoms with van der Waals surface area (Å²) in [6.45, 7) is 5.88. The molecule has 0 spiro atoms. The summed E-state index contributed by atoms with van der Waals surface area (Å²) >= 11 is 0. The summed E-state index contributed by atoms with van der Waals surface area (Å²) in [6.07, 6.45) is 4.79. The van der Waals surface area contributed by atoms with Gasteiger partial charge in [0.2, 0.25) is 0 Å². The summed E-state index contributed by atoms with van der Waals surface area (Å²) in [7, 11) is 1.85. The van der Waals surface area contributed by atoms with E-state index >= 15 is 0 Å². The van der Waals surface area contributed by atoms with Gasteiger partial charge in [0.15, 0.2) is 0 Å². The van der Waals surface area contributed by atoms with E-state index in [0.29, 0.717) is 17.5 Å². The Hall–Kier alpha value is -2.11. The number of likely N-dealkylation sites (tertiary alicyclic amines) is 1. The van der Waals surface area contributed by atoms with Crippen molar-refractivity contribution in [1.82, 2.24) is 24.9 Å². The minimum Gasteiger partial charge on any atom is -0.337 e. The summed E-state index contributed by atoms with van der Waals surface area (Å²) in [4.78, 5) is 14.8. The Bertz CT molecular complexity index is 659. The molecule has 3 heterocycles. The van der Waals surface area contributed by atoms with Crippen molar-refractivity contribution < 1.29 is 4.79 Å². The first-order chi connectivity index (χ1) is 11.0. The van der Waals surface area contributed by atoms with Gasteiger partial charge in [-0.15, -0.1) is 0 Å². The summed E-state index contributed by atoms with van der Waals surface area (Å²) < 4.78 is 1.72. The van der Waals surface area contributed by atoms with Crippen LogP contribution in [0.2, 0.25) is 0 Å². The predicted octanol–water partition coefficient (Wildman–Crippen LogP) is 2.36. The molecule has 0 radical (unpaired) electrons. The highest BCUT2D eigenvalue weighted by atomic mass is 16.2. The lowest BCUT2D eigenvalue weighted by atomic mass is 9.94. The molecule has 6 nitrogen and oxygen atoms in total. The first kappa shape index (κ1) is 15.8. The maximum absolute atomic E-state index is 12.9. The Kier molecular flexibility index (Phi) is 4.50. The highest BCUT2D eigenvalue weighted by molar-refractivity contribution is 5.92. The van der Waals surface area contributed by atoms with E-state index in [0.717, 1.165) is 43.7 Å². The number of carbonyl (C=O) groups is 1. The van der Waals surface area contributed by atoms with Crippen LogP contribution in [-0.4, -0.2) is 43.9 Å². The lowest BCUT2D eigenvalue weighted by Gasteiger charge is -2.32. The summed E-state index contributed by atoms with van der Waals surface area (Å²) in [5.74, 6) is 0.963. The summed E-state index contributed by atoms with van der Waals surface area (Å²) in [5, 5.41) is 11.6. The first-order valence-electron chi connectivity index (χ1n) is 8.36. The van der Waals surface area contributed by atoms with Crippen molar-refractivity contribution >= 4 is 5.91 Å². The van der Waals surface area contributed by atoms with E-state index in [4.69, 9.17) is 0 Å². The van der Waals surface area contributed by atoms with Crippen molar-refractivity contribution in [2.45, 2.75) is 39.0 Å². The fourth-order valence-electron chi connectivity index (χ4n) is 3.32.